The SMILES string of the molecule is C.CCOC(=O)c1nc(-c2cn(S(=O)(=O)c3ccccc3)c3ncc(C4=CCCCC4)cc23)cs1.CCOC(=O)c1nc(-c2cn(S(=O)(=O)c3ccccc3)c3ncc(C4CCCCC4)cc23)cs1. The number of thiazole rings is 2. The maximum absolute atomic E-state index is 13.5. The Bertz CT molecular complexity index is 3390. The van der Waals surface area contributed by atoms with Gasteiger partial charge in [0.05, 0.1) is 34.4 Å². The molecule has 0 N–H and O–H groups in total. The van der Waals surface area contributed by atoms with Gasteiger partial charge in [0, 0.05) is 57.4 Å². The van der Waals surface area contributed by atoms with Crippen molar-refractivity contribution >= 4 is 82.3 Å². The van der Waals surface area contributed by atoms with E-state index in [2.05, 4.69) is 26.0 Å². The number of rotatable bonds is 12. The molecular weight excluding hydrogens is 953 g/mol. The first-order valence-electron chi connectivity index (χ1n) is 22.6. The van der Waals surface area contributed by atoms with Crippen LogP contribution in [0, 0.1) is 0 Å². The highest BCUT2D eigenvalue weighted by Gasteiger charge is 2.28. The monoisotopic (exact) mass is 1000 g/mol. The molecule has 69 heavy (non-hydrogen) atoms. The van der Waals surface area contributed by atoms with Crippen molar-refractivity contribution in [2.75, 3.05) is 13.2 Å². The minimum Gasteiger partial charge on any atom is -0.461 e. The van der Waals surface area contributed by atoms with Gasteiger partial charge >= 0.3 is 11.9 Å². The number of allylic oxidation sites excluding steroid dienone is 2. The van der Waals surface area contributed by atoms with Crippen LogP contribution in [0.2, 0.25) is 0 Å². The Kier molecular flexibility index (Phi) is 15.0. The van der Waals surface area contributed by atoms with Gasteiger partial charge in [-0.1, -0.05) is 69.2 Å². The lowest BCUT2D eigenvalue weighted by atomic mass is 9.84. The summed E-state index contributed by atoms with van der Waals surface area (Å²) >= 11 is 2.35. The third-order valence-corrected chi connectivity index (χ3v) is 17.0. The fourth-order valence-electron chi connectivity index (χ4n) is 8.66. The van der Waals surface area contributed by atoms with Crippen LogP contribution in [0.4, 0.5) is 0 Å². The highest BCUT2D eigenvalue weighted by atomic mass is 32.2. The lowest BCUT2D eigenvalue weighted by molar-refractivity contribution is 0.0516. The second-order valence-corrected chi connectivity index (χ2v) is 21.7. The van der Waals surface area contributed by atoms with E-state index >= 15 is 0 Å². The van der Waals surface area contributed by atoms with Crippen molar-refractivity contribution in [1.82, 2.24) is 27.9 Å². The van der Waals surface area contributed by atoms with Crippen molar-refractivity contribution in [3.63, 3.8) is 0 Å². The third-order valence-electron chi connectivity index (χ3n) is 12.0. The first-order valence-corrected chi connectivity index (χ1v) is 27.2. The van der Waals surface area contributed by atoms with E-state index in [4.69, 9.17) is 9.47 Å². The van der Waals surface area contributed by atoms with Crippen LogP contribution < -0.4 is 0 Å². The van der Waals surface area contributed by atoms with Crippen LogP contribution >= 0.6 is 22.7 Å². The summed E-state index contributed by atoms with van der Waals surface area (Å²) < 4.78 is 66.6. The van der Waals surface area contributed by atoms with E-state index in [1.54, 1.807) is 104 Å². The van der Waals surface area contributed by atoms with Crippen LogP contribution in [0.5, 0.6) is 0 Å². The number of carbonyl (C=O) groups is 2. The summed E-state index contributed by atoms with van der Waals surface area (Å²) in [5, 5.41) is 5.34. The molecule has 2 aromatic carbocycles. The molecule has 0 unspecified atom stereocenters. The van der Waals surface area contributed by atoms with E-state index in [-0.39, 0.29) is 40.4 Å². The molecule has 0 atom stereocenters. The highest BCUT2D eigenvalue weighted by Crippen LogP contribution is 2.39. The Morgan fingerprint density at radius 1 is 0.667 bits per heavy atom. The van der Waals surface area contributed by atoms with Crippen molar-refractivity contribution < 1.29 is 35.9 Å². The van der Waals surface area contributed by atoms with Gasteiger partial charge in [-0.05, 0) is 111 Å². The molecule has 1 fully saturated rings. The van der Waals surface area contributed by atoms with E-state index in [0.717, 1.165) is 43.2 Å². The van der Waals surface area contributed by atoms with Gasteiger partial charge in [0.2, 0.25) is 10.0 Å². The lowest BCUT2D eigenvalue weighted by Crippen LogP contribution is -2.12. The molecular formula is C51H52N6O8S4. The number of hydrogen-bond donors (Lipinski definition) is 0. The third kappa shape index (κ3) is 10.1. The average Bonchev–Trinajstić information content (AvgIpc) is 4.21. The molecule has 14 nitrogen and oxygen atoms in total. The Morgan fingerprint density at radius 2 is 1.17 bits per heavy atom. The number of hydrogen-bond acceptors (Lipinski definition) is 14. The van der Waals surface area contributed by atoms with E-state index < -0.39 is 32.0 Å². The first kappa shape index (κ1) is 49.1. The van der Waals surface area contributed by atoms with Gasteiger partial charge in [0.1, 0.15) is 0 Å². The molecule has 0 radical (unpaired) electrons. The molecule has 10 rings (SSSR count). The van der Waals surface area contributed by atoms with Crippen LogP contribution in [0.3, 0.4) is 0 Å². The van der Waals surface area contributed by atoms with Crippen LogP contribution in [0.1, 0.15) is 116 Å². The van der Waals surface area contributed by atoms with Gasteiger partial charge in [-0.25, -0.2) is 54.3 Å². The second kappa shape index (κ2) is 21.1. The van der Waals surface area contributed by atoms with Gasteiger partial charge in [-0.15, -0.1) is 22.7 Å². The molecule has 0 spiro atoms. The molecule has 0 bridgehead atoms. The summed E-state index contributed by atoms with van der Waals surface area (Å²) in [5.41, 5.74) is 6.26. The molecule has 6 heterocycles. The second-order valence-electron chi connectivity index (χ2n) is 16.4. The topological polar surface area (TPSA) is 182 Å². The largest absolute Gasteiger partial charge is 0.461 e. The van der Waals surface area contributed by atoms with Crippen LogP contribution in [-0.2, 0) is 29.5 Å². The molecule has 1 saturated carbocycles. The quantitative estimate of drug-likeness (QED) is 0.106. The van der Waals surface area contributed by atoms with E-state index in [0.29, 0.717) is 50.5 Å². The number of benzene rings is 2. The molecule has 0 aliphatic heterocycles. The zero-order chi connectivity index (χ0) is 47.4. The number of fused-ring (bicyclic) bond motifs is 2. The Morgan fingerprint density at radius 3 is 1.67 bits per heavy atom. The van der Waals surface area contributed by atoms with Crippen LogP contribution in [-0.4, -0.2) is 69.9 Å². The van der Waals surface area contributed by atoms with Crippen LogP contribution in [0.25, 0.3) is 50.2 Å². The van der Waals surface area contributed by atoms with Crippen molar-refractivity contribution in [2.24, 2.45) is 0 Å². The molecule has 2 aliphatic rings. The van der Waals surface area contributed by atoms with Crippen molar-refractivity contribution in [3.05, 3.63) is 136 Å². The summed E-state index contributed by atoms with van der Waals surface area (Å²) in [7, 11) is -7.76. The minimum atomic E-state index is -3.89. The standard InChI is InChI=1S/C25H25N3O4S2.C25H23N3O4S2.CH4/c2*1-2-32-25(29)24-27-22(16-33-24)21-15-28(34(30,31)19-11-7-4-8-12-19)23-20(21)13-18(14-26-23)17-9-5-3-6-10-17;/h4,7-8,11-17H,2-3,5-6,9-10H2,1H3;4,7-9,11-16H,2-3,5-6,10H2,1H3;1H4. The highest BCUT2D eigenvalue weighted by molar-refractivity contribution is 7.90. The van der Waals surface area contributed by atoms with E-state index in [9.17, 15) is 26.4 Å². The molecule has 358 valence electrons. The normalized spacial score (nSPS) is 14.4. The number of esters is 2. The predicted molar refractivity (Wildman–Crippen MR) is 271 cm³/mol. The summed E-state index contributed by atoms with van der Waals surface area (Å²) in [5.74, 6) is -0.566. The summed E-state index contributed by atoms with van der Waals surface area (Å²) in [6, 6.07) is 20.6. The number of carbonyl (C=O) groups excluding carboxylic acids is 2. The number of aromatic nitrogens is 6. The van der Waals surface area contributed by atoms with E-state index in [1.165, 1.54) is 61.9 Å². The van der Waals surface area contributed by atoms with Crippen molar-refractivity contribution in [1.29, 1.82) is 0 Å². The number of pyridine rings is 2. The molecule has 0 amide bonds. The van der Waals surface area contributed by atoms with Gasteiger partial charge in [0.25, 0.3) is 20.0 Å². The Hall–Kier alpha value is -6.34. The maximum Gasteiger partial charge on any atom is 0.367 e. The number of ether oxygens (including phenoxy) is 2. The lowest BCUT2D eigenvalue weighted by Gasteiger charge is -2.21. The number of nitrogens with zero attached hydrogens (tertiary/aromatic N) is 6. The smallest absolute Gasteiger partial charge is 0.367 e. The van der Waals surface area contributed by atoms with Crippen LogP contribution in [0.15, 0.2) is 124 Å². The summed E-state index contributed by atoms with van der Waals surface area (Å²) in [4.78, 5) is 42.8. The van der Waals surface area contributed by atoms with Crippen molar-refractivity contribution in [2.45, 2.75) is 94.8 Å². The average molecular weight is 1010 g/mol. The van der Waals surface area contributed by atoms with Gasteiger partial charge in [-0.2, -0.15) is 0 Å². The van der Waals surface area contributed by atoms with E-state index in [1.807, 2.05) is 18.3 Å². The molecule has 6 aromatic heterocycles. The molecule has 8 aromatic rings. The van der Waals surface area contributed by atoms with Gasteiger partial charge in [0.15, 0.2) is 11.3 Å². The zero-order valence-electron chi connectivity index (χ0n) is 37.4. The van der Waals surface area contributed by atoms with Gasteiger partial charge < -0.3 is 9.47 Å². The fraction of sp³-hybridized carbons (Fsp3) is 0.294. The predicted octanol–water partition coefficient (Wildman–Crippen LogP) is 11.8. The van der Waals surface area contributed by atoms with Crippen molar-refractivity contribution in [3.8, 4) is 22.5 Å². The van der Waals surface area contributed by atoms with Gasteiger partial charge in [-0.3, -0.25) is 0 Å². The zero-order valence-corrected chi connectivity index (χ0v) is 40.7. The molecule has 0 saturated heterocycles. The molecule has 2 aliphatic carbocycles. The Balaban J connectivity index is 0.000000183. The maximum atomic E-state index is 13.5. The summed E-state index contributed by atoms with van der Waals surface area (Å²) in [6.45, 7) is 4.00. The first-order chi connectivity index (χ1) is 33.0. The minimum absolute atomic E-state index is 0. The summed E-state index contributed by atoms with van der Waals surface area (Å²) in [6.07, 6.45) is 19.0. The molecule has 18 heteroatoms. The Labute approximate surface area is 409 Å². The fourth-order valence-corrected chi connectivity index (χ4v) is 12.8.